The number of benzene rings is 1. The summed E-state index contributed by atoms with van der Waals surface area (Å²) in [5.74, 6) is 0.960. The summed E-state index contributed by atoms with van der Waals surface area (Å²) in [5, 5.41) is 4.77. The molecule has 36 heavy (non-hydrogen) atoms. The third-order valence-electron chi connectivity index (χ3n) is 8.23. The number of likely N-dealkylation sites (N-methyl/N-ethyl adjacent to an activating group) is 1. The average molecular weight is 486 g/mol. The summed E-state index contributed by atoms with van der Waals surface area (Å²) < 4.78 is 5.95. The van der Waals surface area contributed by atoms with Gasteiger partial charge in [-0.2, -0.15) is 0 Å². The lowest BCUT2D eigenvalue weighted by Gasteiger charge is -2.26. The van der Waals surface area contributed by atoms with E-state index >= 15 is 0 Å². The largest absolute Gasteiger partial charge is 0.478 e. The van der Waals surface area contributed by atoms with Crippen molar-refractivity contribution in [3.05, 3.63) is 42.2 Å². The van der Waals surface area contributed by atoms with Crippen molar-refractivity contribution in [3.8, 4) is 17.0 Å². The minimum absolute atomic E-state index is 0.122. The predicted octanol–water partition coefficient (Wildman–Crippen LogP) is 5.06. The number of pyridine rings is 2. The van der Waals surface area contributed by atoms with Crippen molar-refractivity contribution in [1.82, 2.24) is 14.9 Å². The zero-order valence-corrected chi connectivity index (χ0v) is 21.3. The lowest BCUT2D eigenvalue weighted by atomic mass is 9.84. The third-order valence-corrected chi connectivity index (χ3v) is 8.23. The van der Waals surface area contributed by atoms with Crippen molar-refractivity contribution in [2.24, 2.45) is 5.92 Å². The maximum atomic E-state index is 13.2. The van der Waals surface area contributed by atoms with Crippen LogP contribution in [-0.4, -0.2) is 60.6 Å². The van der Waals surface area contributed by atoms with Gasteiger partial charge in [-0.3, -0.25) is 9.78 Å². The van der Waals surface area contributed by atoms with E-state index in [0.717, 1.165) is 64.9 Å². The SMILES string of the molecule is CC[C@@H]1CNc2c(-c3ccc(OCCCN4CCCCC4)nc3)ccc3ncc4c(c23)C1C(=O)N4C. The van der Waals surface area contributed by atoms with Gasteiger partial charge >= 0.3 is 0 Å². The maximum absolute atomic E-state index is 13.2. The van der Waals surface area contributed by atoms with Gasteiger partial charge in [-0.1, -0.05) is 25.8 Å². The number of likely N-dealkylation sites (tertiary alicyclic amines) is 1. The Balaban J connectivity index is 1.26. The molecule has 7 nitrogen and oxygen atoms in total. The van der Waals surface area contributed by atoms with Gasteiger partial charge in [-0.25, -0.2) is 4.98 Å². The number of ether oxygens (including phenoxy) is 1. The fourth-order valence-electron chi connectivity index (χ4n) is 6.20. The molecular formula is C29H35N5O2. The Morgan fingerprint density at radius 3 is 2.72 bits per heavy atom. The van der Waals surface area contributed by atoms with Gasteiger partial charge in [0.05, 0.1) is 35.6 Å². The van der Waals surface area contributed by atoms with Crippen LogP contribution in [0.25, 0.3) is 22.0 Å². The lowest BCUT2D eigenvalue weighted by Crippen LogP contribution is -2.31. The standard InChI is InChI=1S/C29H35N5O2/c1-3-19-16-32-28-21(9-10-22-26(28)27-23(18-30-22)33(2)29(35)25(19)27)20-8-11-24(31-17-20)36-15-7-14-34-12-5-4-6-13-34/h8-11,17-19,25,32H,3-7,12-16H2,1-2H3/t19-,25?/m1/s1. The Hall–Kier alpha value is -3.19. The van der Waals surface area contributed by atoms with Crippen LogP contribution in [0.15, 0.2) is 36.7 Å². The van der Waals surface area contributed by atoms with Gasteiger partial charge < -0.3 is 19.9 Å². The van der Waals surface area contributed by atoms with Crippen molar-refractivity contribution < 1.29 is 9.53 Å². The molecule has 2 atom stereocenters. The maximum Gasteiger partial charge on any atom is 0.234 e. The smallest absolute Gasteiger partial charge is 0.234 e. The summed E-state index contributed by atoms with van der Waals surface area (Å²) >= 11 is 0. The molecule has 1 N–H and O–H groups in total. The molecular weight excluding hydrogens is 450 g/mol. The summed E-state index contributed by atoms with van der Waals surface area (Å²) in [6.45, 7) is 7.15. The second kappa shape index (κ2) is 9.69. The Labute approximate surface area is 212 Å². The van der Waals surface area contributed by atoms with Gasteiger partial charge in [0, 0.05) is 54.5 Å². The Morgan fingerprint density at radius 1 is 1.08 bits per heavy atom. The predicted molar refractivity (Wildman–Crippen MR) is 144 cm³/mol. The summed E-state index contributed by atoms with van der Waals surface area (Å²) in [6.07, 6.45) is 9.72. The highest BCUT2D eigenvalue weighted by Gasteiger charge is 2.43. The van der Waals surface area contributed by atoms with Gasteiger partial charge in [-0.05, 0) is 50.4 Å². The number of hydrogen-bond donors (Lipinski definition) is 1. The van der Waals surface area contributed by atoms with Gasteiger partial charge in [0.1, 0.15) is 0 Å². The Bertz CT molecular complexity index is 1270. The molecule has 1 aromatic carbocycles. The monoisotopic (exact) mass is 485 g/mol. The molecule has 0 spiro atoms. The summed E-state index contributed by atoms with van der Waals surface area (Å²) in [4.78, 5) is 26.9. The number of piperidine rings is 1. The van der Waals surface area contributed by atoms with Crippen LogP contribution in [0.2, 0.25) is 0 Å². The first-order valence-corrected chi connectivity index (χ1v) is 13.4. The molecule has 7 heteroatoms. The number of carbonyl (C=O) groups is 1. The van der Waals surface area contributed by atoms with Crippen molar-refractivity contribution in [2.45, 2.75) is 44.9 Å². The number of carbonyl (C=O) groups excluding carboxylic acids is 1. The number of rotatable bonds is 7. The molecule has 0 saturated carbocycles. The molecule has 5 heterocycles. The minimum atomic E-state index is -0.122. The van der Waals surface area contributed by atoms with E-state index < -0.39 is 0 Å². The number of nitrogens with zero attached hydrogens (tertiary/aromatic N) is 4. The van der Waals surface area contributed by atoms with Crippen LogP contribution in [0, 0.1) is 5.92 Å². The van der Waals surface area contributed by atoms with Gasteiger partial charge in [0.25, 0.3) is 0 Å². The van der Waals surface area contributed by atoms with Crippen LogP contribution in [-0.2, 0) is 4.79 Å². The van der Waals surface area contributed by atoms with Crippen LogP contribution < -0.4 is 15.0 Å². The highest BCUT2D eigenvalue weighted by Crippen LogP contribution is 2.50. The second-order valence-electron chi connectivity index (χ2n) is 10.4. The molecule has 1 saturated heterocycles. The molecule has 0 bridgehead atoms. The van der Waals surface area contributed by atoms with Crippen LogP contribution >= 0.6 is 0 Å². The first kappa shape index (κ1) is 23.2. The zero-order valence-electron chi connectivity index (χ0n) is 21.3. The minimum Gasteiger partial charge on any atom is -0.478 e. The number of nitrogens with one attached hydrogen (secondary N) is 1. The van der Waals surface area contributed by atoms with Gasteiger partial charge in [0.15, 0.2) is 0 Å². The van der Waals surface area contributed by atoms with Crippen LogP contribution in [0.5, 0.6) is 5.88 Å². The summed E-state index contributed by atoms with van der Waals surface area (Å²) in [7, 11) is 1.87. The summed E-state index contributed by atoms with van der Waals surface area (Å²) in [6, 6.07) is 8.22. The highest BCUT2D eigenvalue weighted by atomic mass is 16.5. The molecule has 1 amide bonds. The Kier molecular flexibility index (Phi) is 6.25. The van der Waals surface area contributed by atoms with E-state index in [1.54, 1.807) is 4.90 Å². The third kappa shape index (κ3) is 3.99. The fourth-order valence-corrected chi connectivity index (χ4v) is 6.20. The lowest BCUT2D eigenvalue weighted by molar-refractivity contribution is -0.120. The van der Waals surface area contributed by atoms with Crippen molar-refractivity contribution in [3.63, 3.8) is 0 Å². The Morgan fingerprint density at radius 2 is 1.94 bits per heavy atom. The molecule has 1 fully saturated rings. The van der Waals surface area contributed by atoms with Crippen LogP contribution in [0.1, 0.15) is 50.5 Å². The van der Waals surface area contributed by atoms with Gasteiger partial charge in [-0.15, -0.1) is 0 Å². The molecule has 6 rings (SSSR count). The van der Waals surface area contributed by atoms with Crippen LogP contribution in [0.4, 0.5) is 11.4 Å². The van der Waals surface area contributed by atoms with E-state index in [0.29, 0.717) is 12.5 Å². The number of amides is 1. The quantitative estimate of drug-likeness (QED) is 0.472. The topological polar surface area (TPSA) is 70.6 Å². The fraction of sp³-hybridized carbons (Fsp3) is 0.483. The van der Waals surface area contributed by atoms with E-state index in [9.17, 15) is 4.79 Å². The molecule has 188 valence electrons. The number of hydrogen-bond acceptors (Lipinski definition) is 6. The van der Waals surface area contributed by atoms with E-state index in [1.165, 1.54) is 32.4 Å². The zero-order chi connectivity index (χ0) is 24.6. The average Bonchev–Trinajstić information content (AvgIpc) is 3.06. The molecule has 3 aromatic rings. The normalized spacial score (nSPS) is 21.5. The van der Waals surface area contributed by atoms with E-state index in [4.69, 9.17) is 9.72 Å². The molecule has 1 unspecified atom stereocenters. The van der Waals surface area contributed by atoms with Gasteiger partial charge in [0.2, 0.25) is 11.8 Å². The first-order chi connectivity index (χ1) is 17.7. The highest BCUT2D eigenvalue weighted by molar-refractivity contribution is 6.14. The number of anilines is 2. The van der Waals surface area contributed by atoms with Crippen molar-refractivity contribution >= 4 is 28.2 Å². The van der Waals surface area contributed by atoms with Crippen molar-refractivity contribution in [1.29, 1.82) is 0 Å². The van der Waals surface area contributed by atoms with Crippen LogP contribution in [0.3, 0.4) is 0 Å². The van der Waals surface area contributed by atoms with E-state index in [1.807, 2.05) is 25.5 Å². The molecule has 3 aliphatic rings. The molecule has 0 aliphatic carbocycles. The first-order valence-electron chi connectivity index (χ1n) is 13.4. The molecule has 2 aromatic heterocycles. The summed E-state index contributed by atoms with van der Waals surface area (Å²) in [5.41, 5.74) is 6.15. The second-order valence-corrected chi connectivity index (χ2v) is 10.4. The number of aromatic nitrogens is 2. The van der Waals surface area contributed by atoms with E-state index in [2.05, 4.69) is 40.3 Å². The van der Waals surface area contributed by atoms with Crippen molar-refractivity contribution in [2.75, 3.05) is 50.1 Å². The molecule has 0 radical (unpaired) electrons. The molecule has 3 aliphatic heterocycles. The van der Waals surface area contributed by atoms with E-state index in [-0.39, 0.29) is 17.7 Å².